The molecule has 390 valence electrons. The molecule has 3 aromatic rings. The molecule has 0 bridgehead atoms. The van der Waals surface area contributed by atoms with Gasteiger partial charge in [0.05, 0.1) is 55.7 Å². The Morgan fingerprint density at radius 1 is 0.435 bits per heavy atom. The van der Waals surface area contributed by atoms with Crippen LogP contribution in [0.3, 0.4) is 0 Å². The maximum Gasteiger partial charge on any atom is 0.573 e. The van der Waals surface area contributed by atoms with Gasteiger partial charge < -0.3 is 45.5 Å². The van der Waals surface area contributed by atoms with Crippen molar-refractivity contribution in [3.05, 3.63) is 89.5 Å². The van der Waals surface area contributed by atoms with Crippen LogP contribution in [0.1, 0.15) is 137 Å². The first-order valence-corrected chi connectivity index (χ1v) is 21.6. The number of aliphatic hydroxyl groups is 3. The summed E-state index contributed by atoms with van der Waals surface area (Å²) in [6, 6.07) is 14.7. The average Bonchev–Trinajstić information content (AvgIpc) is 3.15. The first-order chi connectivity index (χ1) is 31.1. The Kier molecular flexibility index (Phi) is 22.9. The van der Waals surface area contributed by atoms with Crippen molar-refractivity contribution in [2.24, 2.45) is 16.2 Å². The molecule has 0 heterocycles. The van der Waals surface area contributed by atoms with Crippen LogP contribution in [0.15, 0.2) is 72.8 Å². The fourth-order valence-corrected chi connectivity index (χ4v) is 5.54. The average molecular weight is 1000 g/mol. The van der Waals surface area contributed by atoms with Crippen LogP contribution in [0.2, 0.25) is 0 Å². The highest BCUT2D eigenvalue weighted by molar-refractivity contribution is 5.78. The van der Waals surface area contributed by atoms with Crippen LogP contribution in [0.4, 0.5) is 39.5 Å². The number of benzene rings is 3. The summed E-state index contributed by atoms with van der Waals surface area (Å²) >= 11 is 0. The Labute approximate surface area is 397 Å². The van der Waals surface area contributed by atoms with Gasteiger partial charge in [-0.1, -0.05) is 98.7 Å². The van der Waals surface area contributed by atoms with Crippen molar-refractivity contribution in [3.8, 4) is 17.2 Å². The first kappa shape index (κ1) is 61.7. The number of ether oxygens (including phenoxy) is 3. The zero-order chi connectivity index (χ0) is 53.5. The van der Waals surface area contributed by atoms with E-state index in [4.69, 9.17) is 0 Å². The summed E-state index contributed by atoms with van der Waals surface area (Å²) in [6.45, 7) is 21.2. The Hall–Kier alpha value is -5.28. The third-order valence-electron chi connectivity index (χ3n) is 10.0. The minimum Gasteiger partial charge on any atom is -0.406 e. The van der Waals surface area contributed by atoms with E-state index in [1.807, 2.05) is 62.3 Å². The van der Waals surface area contributed by atoms with Crippen molar-refractivity contribution < 1.29 is 83.4 Å². The van der Waals surface area contributed by atoms with Crippen LogP contribution in [-0.4, -0.2) is 70.4 Å². The number of carbonyl (C=O) groups is 3. The topological polar surface area (TPSA) is 176 Å². The lowest BCUT2D eigenvalue weighted by atomic mass is 9.87. The molecule has 3 rings (SSSR count). The summed E-state index contributed by atoms with van der Waals surface area (Å²) in [5.41, 5.74) is 0.143. The van der Waals surface area contributed by atoms with Gasteiger partial charge in [-0.2, -0.15) is 0 Å². The second kappa shape index (κ2) is 25.5. The van der Waals surface area contributed by atoms with Gasteiger partial charge in [-0.25, -0.2) is 0 Å². The van der Waals surface area contributed by atoms with E-state index in [0.717, 1.165) is 0 Å². The zero-order valence-corrected chi connectivity index (χ0v) is 40.7. The molecule has 12 nitrogen and oxygen atoms in total. The van der Waals surface area contributed by atoms with Gasteiger partial charge in [0.2, 0.25) is 17.7 Å². The monoisotopic (exact) mass is 999 g/mol. The van der Waals surface area contributed by atoms with Crippen LogP contribution in [-0.2, 0) is 14.4 Å². The van der Waals surface area contributed by atoms with E-state index in [0.29, 0.717) is 16.7 Å². The number of nitrogens with one attached hydrogen (secondary N) is 3. The molecule has 3 amide bonds. The van der Waals surface area contributed by atoms with Crippen LogP contribution >= 0.6 is 0 Å². The fourth-order valence-electron chi connectivity index (χ4n) is 5.54. The molecule has 0 radical (unpaired) electrons. The van der Waals surface area contributed by atoms with Crippen LogP contribution in [0.25, 0.3) is 0 Å². The maximum absolute atomic E-state index is 12.2. The summed E-state index contributed by atoms with van der Waals surface area (Å²) in [5.74, 6) is -2.14. The lowest BCUT2D eigenvalue weighted by molar-refractivity contribution is -0.275. The number of alkyl halides is 9. The van der Waals surface area contributed by atoms with E-state index in [2.05, 4.69) is 30.2 Å². The zero-order valence-electron chi connectivity index (χ0n) is 40.7. The van der Waals surface area contributed by atoms with E-state index < -0.39 is 71.8 Å². The van der Waals surface area contributed by atoms with Crippen LogP contribution in [0, 0.1) is 16.2 Å². The molecule has 6 atom stereocenters. The molecule has 0 saturated heterocycles. The predicted molar refractivity (Wildman–Crippen MR) is 239 cm³/mol. The van der Waals surface area contributed by atoms with Crippen molar-refractivity contribution in [2.45, 2.75) is 158 Å². The maximum atomic E-state index is 12.2. The normalized spacial score (nSPS) is 15.0. The third-order valence-corrected chi connectivity index (χ3v) is 10.0. The molecule has 0 spiro atoms. The van der Waals surface area contributed by atoms with E-state index in [1.54, 1.807) is 39.0 Å². The Bertz CT molecular complexity index is 1850. The lowest BCUT2D eigenvalue weighted by Crippen LogP contribution is -2.35. The van der Waals surface area contributed by atoms with Crippen molar-refractivity contribution in [1.82, 2.24) is 16.0 Å². The molecule has 0 aliphatic carbocycles. The van der Waals surface area contributed by atoms with Crippen molar-refractivity contribution in [1.29, 1.82) is 0 Å². The molecule has 1 unspecified atom stereocenters. The summed E-state index contributed by atoms with van der Waals surface area (Å²) < 4.78 is 122. The van der Waals surface area contributed by atoms with Gasteiger partial charge in [-0.3, -0.25) is 14.4 Å². The predicted octanol–water partition coefficient (Wildman–Crippen LogP) is 10.7. The lowest BCUT2D eigenvalue weighted by Gasteiger charge is -2.26. The second-order valence-corrected chi connectivity index (χ2v) is 19.5. The molecule has 21 heteroatoms. The van der Waals surface area contributed by atoms with Crippen LogP contribution < -0.4 is 30.2 Å². The first-order valence-electron chi connectivity index (χ1n) is 21.6. The molecule has 0 fully saturated rings. The van der Waals surface area contributed by atoms with Gasteiger partial charge in [-0.05, 0) is 90.1 Å². The number of aliphatic hydroxyl groups excluding tert-OH is 3. The van der Waals surface area contributed by atoms with Gasteiger partial charge in [0.1, 0.15) is 17.2 Å². The van der Waals surface area contributed by atoms with Gasteiger partial charge in [0.25, 0.3) is 0 Å². The largest absolute Gasteiger partial charge is 0.573 e. The van der Waals surface area contributed by atoms with E-state index in [-0.39, 0.29) is 54.2 Å². The number of amides is 3. The Morgan fingerprint density at radius 3 is 0.812 bits per heavy atom. The molecular weight excluding hydrogens is 934 g/mol. The van der Waals surface area contributed by atoms with Crippen molar-refractivity contribution in [2.75, 3.05) is 0 Å². The minimum absolute atomic E-state index is 0.0768. The third kappa shape index (κ3) is 26.3. The summed E-state index contributed by atoms with van der Waals surface area (Å²) in [5, 5.41) is 37.7. The van der Waals surface area contributed by atoms with Gasteiger partial charge in [-0.15, -0.1) is 39.5 Å². The Morgan fingerprint density at radius 2 is 0.638 bits per heavy atom. The minimum atomic E-state index is -4.76. The number of rotatable bonds is 15. The number of hydrogen-bond acceptors (Lipinski definition) is 9. The van der Waals surface area contributed by atoms with Gasteiger partial charge in [0, 0.05) is 0 Å². The number of carbonyl (C=O) groups excluding carboxylic acids is 3. The number of hydrogen-bond donors (Lipinski definition) is 6. The molecule has 0 aliphatic rings. The standard InChI is InChI=1S/3C16H22F3NO3/c3*1-10(20-14(22)9-13(21)15(2,3)4)11-6-5-7-12(8-11)23-16(17,18)19/h3*5-8,10,13,21H,9H2,1-4H3,(H,20,22)/t10-,13?;10-,13+;10-,13-/m000/s1. The van der Waals surface area contributed by atoms with Gasteiger partial charge >= 0.3 is 19.1 Å². The summed E-state index contributed by atoms with van der Waals surface area (Å²) in [4.78, 5) is 35.7. The molecule has 0 aromatic heterocycles. The highest BCUT2D eigenvalue weighted by atomic mass is 19.4. The highest BCUT2D eigenvalue weighted by Gasteiger charge is 2.34. The van der Waals surface area contributed by atoms with E-state index in [1.165, 1.54) is 54.6 Å². The Balaban J connectivity index is 0.000000517. The second-order valence-electron chi connectivity index (χ2n) is 19.5. The molecule has 0 saturated carbocycles. The molecule has 3 aromatic carbocycles. The highest BCUT2D eigenvalue weighted by Crippen LogP contribution is 2.30. The fraction of sp³-hybridized carbons (Fsp3) is 0.562. The molecule has 0 aliphatic heterocycles. The van der Waals surface area contributed by atoms with E-state index in [9.17, 15) is 69.2 Å². The SMILES string of the molecule is C[C@H](NC(=O)CC(O)C(C)(C)C)c1cccc(OC(F)(F)F)c1.C[C@H](NC(=O)C[C@@H](O)C(C)(C)C)c1cccc(OC(F)(F)F)c1.C[C@H](NC(=O)C[C@H](O)C(C)(C)C)c1cccc(OC(F)(F)F)c1. The van der Waals surface area contributed by atoms with Crippen molar-refractivity contribution >= 4 is 17.7 Å². The van der Waals surface area contributed by atoms with E-state index >= 15 is 0 Å². The van der Waals surface area contributed by atoms with Crippen LogP contribution in [0.5, 0.6) is 17.2 Å². The van der Waals surface area contributed by atoms with Crippen molar-refractivity contribution in [3.63, 3.8) is 0 Å². The number of halogens is 9. The molecular formula is C48H66F9N3O9. The molecule has 69 heavy (non-hydrogen) atoms. The van der Waals surface area contributed by atoms with Gasteiger partial charge in [0.15, 0.2) is 0 Å². The quantitative estimate of drug-likeness (QED) is 0.0810. The summed E-state index contributed by atoms with van der Waals surface area (Å²) in [7, 11) is 0. The summed E-state index contributed by atoms with van der Waals surface area (Å²) in [6.07, 6.45) is -16.9. The smallest absolute Gasteiger partial charge is 0.406 e. The molecule has 6 N–H and O–H groups in total.